The van der Waals surface area contributed by atoms with Crippen LogP contribution in [-0.2, 0) is 0 Å². The van der Waals surface area contributed by atoms with Crippen LogP contribution >= 0.6 is 11.6 Å². The zero-order valence-corrected chi connectivity index (χ0v) is 9.93. The molecule has 1 atom stereocenters. The summed E-state index contributed by atoms with van der Waals surface area (Å²) in [5.74, 6) is 0.940. The Bertz CT molecular complexity index is 320. The fraction of sp³-hybridized carbons (Fsp3) is 0.538. The molecule has 1 fully saturated rings. The summed E-state index contributed by atoms with van der Waals surface area (Å²) in [6.07, 6.45) is 5.51. The van der Waals surface area contributed by atoms with Crippen LogP contribution in [0.25, 0.3) is 0 Å². The molecular formula is C13H18ClN. The van der Waals surface area contributed by atoms with Gasteiger partial charge in [-0.2, -0.15) is 0 Å². The van der Waals surface area contributed by atoms with Crippen molar-refractivity contribution in [2.45, 2.75) is 38.6 Å². The molecule has 0 radical (unpaired) electrons. The molecule has 0 spiro atoms. The summed E-state index contributed by atoms with van der Waals surface area (Å²) >= 11 is 6.09. The van der Waals surface area contributed by atoms with E-state index >= 15 is 0 Å². The van der Waals surface area contributed by atoms with Crippen molar-refractivity contribution in [3.8, 4) is 0 Å². The van der Waals surface area contributed by atoms with Crippen LogP contribution in [-0.4, -0.2) is 6.04 Å². The van der Waals surface area contributed by atoms with Gasteiger partial charge in [0.15, 0.2) is 0 Å². The molecule has 0 amide bonds. The van der Waals surface area contributed by atoms with Crippen LogP contribution in [0.5, 0.6) is 0 Å². The lowest BCUT2D eigenvalue weighted by Gasteiger charge is -2.29. The third-order valence-electron chi connectivity index (χ3n) is 3.19. The summed E-state index contributed by atoms with van der Waals surface area (Å²) in [4.78, 5) is 0. The maximum Gasteiger partial charge on any atom is 0.0637 e. The van der Waals surface area contributed by atoms with Crippen LogP contribution in [0.1, 0.15) is 32.6 Å². The minimum absolute atomic E-state index is 0.523. The number of rotatable bonds is 4. The van der Waals surface area contributed by atoms with Gasteiger partial charge in [-0.25, -0.2) is 0 Å². The lowest BCUT2D eigenvalue weighted by atomic mass is 9.81. The highest BCUT2D eigenvalue weighted by atomic mass is 35.5. The van der Waals surface area contributed by atoms with Gasteiger partial charge in [0.2, 0.25) is 0 Å². The van der Waals surface area contributed by atoms with Gasteiger partial charge in [-0.15, -0.1) is 0 Å². The summed E-state index contributed by atoms with van der Waals surface area (Å²) in [6.45, 7) is 2.24. The highest BCUT2D eigenvalue weighted by molar-refractivity contribution is 6.33. The largest absolute Gasteiger partial charge is 0.381 e. The Kier molecular flexibility index (Phi) is 3.53. The Morgan fingerprint density at radius 3 is 2.73 bits per heavy atom. The molecule has 1 N–H and O–H groups in total. The van der Waals surface area contributed by atoms with Gasteiger partial charge in [0.25, 0.3) is 0 Å². The second-order valence-corrected chi connectivity index (χ2v) is 4.97. The van der Waals surface area contributed by atoms with Crippen molar-refractivity contribution >= 4 is 17.3 Å². The summed E-state index contributed by atoms with van der Waals surface area (Å²) in [6, 6.07) is 8.48. The first-order chi connectivity index (χ1) is 7.25. The van der Waals surface area contributed by atoms with Gasteiger partial charge < -0.3 is 5.32 Å². The fourth-order valence-corrected chi connectivity index (χ4v) is 2.32. The van der Waals surface area contributed by atoms with Crippen LogP contribution in [0.15, 0.2) is 24.3 Å². The molecule has 0 bridgehead atoms. The van der Waals surface area contributed by atoms with Crippen molar-refractivity contribution in [2.75, 3.05) is 5.32 Å². The average Bonchev–Trinajstić information content (AvgIpc) is 2.16. The van der Waals surface area contributed by atoms with Crippen LogP contribution in [0.3, 0.4) is 0 Å². The van der Waals surface area contributed by atoms with Crippen molar-refractivity contribution < 1.29 is 0 Å². The van der Waals surface area contributed by atoms with Gasteiger partial charge in [0.05, 0.1) is 10.7 Å². The topological polar surface area (TPSA) is 12.0 Å². The van der Waals surface area contributed by atoms with Gasteiger partial charge in [0, 0.05) is 6.04 Å². The van der Waals surface area contributed by atoms with Crippen LogP contribution in [0, 0.1) is 5.92 Å². The number of halogens is 1. The normalized spacial score (nSPS) is 18.3. The van der Waals surface area contributed by atoms with E-state index in [4.69, 9.17) is 11.6 Å². The monoisotopic (exact) mass is 223 g/mol. The van der Waals surface area contributed by atoms with E-state index in [0.29, 0.717) is 6.04 Å². The third kappa shape index (κ3) is 2.88. The van der Waals surface area contributed by atoms with E-state index in [1.807, 2.05) is 24.3 Å². The molecule has 15 heavy (non-hydrogen) atoms. The quantitative estimate of drug-likeness (QED) is 0.801. The molecule has 0 heterocycles. The fourth-order valence-electron chi connectivity index (χ4n) is 2.13. The standard InChI is InChI=1S/C13H18ClN/c1-10(9-11-5-4-6-11)15-13-8-3-2-7-12(13)14/h2-3,7-8,10-11,15H,4-6,9H2,1H3. The van der Waals surface area contributed by atoms with E-state index in [2.05, 4.69) is 12.2 Å². The Morgan fingerprint density at radius 2 is 2.13 bits per heavy atom. The first kappa shape index (κ1) is 10.8. The van der Waals surface area contributed by atoms with E-state index in [-0.39, 0.29) is 0 Å². The van der Waals surface area contributed by atoms with Crippen LogP contribution in [0.2, 0.25) is 5.02 Å². The van der Waals surface area contributed by atoms with Crippen molar-refractivity contribution in [3.63, 3.8) is 0 Å². The SMILES string of the molecule is CC(CC1CCC1)Nc1ccccc1Cl. The molecule has 82 valence electrons. The lowest BCUT2D eigenvalue weighted by molar-refractivity contribution is 0.286. The predicted octanol–water partition coefficient (Wildman–Crippen LogP) is 4.33. The average molecular weight is 224 g/mol. The minimum Gasteiger partial charge on any atom is -0.381 e. The molecule has 0 aliphatic heterocycles. The summed E-state index contributed by atoms with van der Waals surface area (Å²) < 4.78 is 0. The number of hydrogen-bond acceptors (Lipinski definition) is 1. The molecular weight excluding hydrogens is 206 g/mol. The highest BCUT2D eigenvalue weighted by Gasteiger charge is 2.19. The molecule has 1 saturated carbocycles. The molecule has 0 aromatic heterocycles. The lowest BCUT2D eigenvalue weighted by Crippen LogP contribution is -2.23. The maximum absolute atomic E-state index is 6.09. The van der Waals surface area contributed by atoms with Gasteiger partial charge in [-0.05, 0) is 31.4 Å². The summed E-state index contributed by atoms with van der Waals surface area (Å²) in [7, 11) is 0. The van der Waals surface area contributed by atoms with Gasteiger partial charge in [-0.3, -0.25) is 0 Å². The number of benzene rings is 1. The molecule has 1 nitrogen and oxygen atoms in total. The van der Waals surface area contributed by atoms with E-state index in [1.165, 1.54) is 25.7 Å². The van der Waals surface area contributed by atoms with E-state index in [9.17, 15) is 0 Å². The second-order valence-electron chi connectivity index (χ2n) is 4.56. The summed E-state index contributed by atoms with van der Waals surface area (Å²) in [5, 5.41) is 4.29. The van der Waals surface area contributed by atoms with Crippen molar-refractivity contribution in [1.82, 2.24) is 0 Å². The molecule has 0 saturated heterocycles. The first-order valence-electron chi connectivity index (χ1n) is 5.77. The highest BCUT2D eigenvalue weighted by Crippen LogP contribution is 2.31. The van der Waals surface area contributed by atoms with Crippen molar-refractivity contribution in [1.29, 1.82) is 0 Å². The smallest absolute Gasteiger partial charge is 0.0637 e. The molecule has 2 rings (SSSR count). The van der Waals surface area contributed by atoms with Gasteiger partial charge in [-0.1, -0.05) is 43.0 Å². The molecule has 1 aromatic rings. The zero-order valence-electron chi connectivity index (χ0n) is 9.17. The van der Waals surface area contributed by atoms with Gasteiger partial charge >= 0.3 is 0 Å². The van der Waals surface area contributed by atoms with E-state index in [1.54, 1.807) is 0 Å². The molecule has 2 heteroatoms. The molecule has 1 aliphatic rings. The maximum atomic E-state index is 6.09. The Labute approximate surface area is 96.8 Å². The zero-order chi connectivity index (χ0) is 10.7. The van der Waals surface area contributed by atoms with Crippen LogP contribution < -0.4 is 5.32 Å². The number of hydrogen-bond donors (Lipinski definition) is 1. The van der Waals surface area contributed by atoms with Crippen molar-refractivity contribution in [3.05, 3.63) is 29.3 Å². The second kappa shape index (κ2) is 4.89. The Hall–Kier alpha value is -0.690. The predicted molar refractivity (Wildman–Crippen MR) is 66.5 cm³/mol. The first-order valence-corrected chi connectivity index (χ1v) is 6.14. The van der Waals surface area contributed by atoms with E-state index in [0.717, 1.165) is 16.6 Å². The number of anilines is 1. The molecule has 1 aromatic carbocycles. The Morgan fingerprint density at radius 1 is 1.40 bits per heavy atom. The number of nitrogens with one attached hydrogen (secondary N) is 1. The van der Waals surface area contributed by atoms with E-state index < -0.39 is 0 Å². The summed E-state index contributed by atoms with van der Waals surface area (Å²) in [5.41, 5.74) is 1.06. The van der Waals surface area contributed by atoms with Crippen molar-refractivity contribution in [2.24, 2.45) is 5.92 Å². The molecule has 1 aliphatic carbocycles. The minimum atomic E-state index is 0.523. The molecule has 1 unspecified atom stereocenters. The van der Waals surface area contributed by atoms with Crippen LogP contribution in [0.4, 0.5) is 5.69 Å². The Balaban J connectivity index is 1.87. The number of para-hydroxylation sites is 1. The third-order valence-corrected chi connectivity index (χ3v) is 3.52. The van der Waals surface area contributed by atoms with Gasteiger partial charge in [0.1, 0.15) is 0 Å².